The van der Waals surface area contributed by atoms with E-state index < -0.39 is 27.9 Å². The molecular weight excluding hydrogens is 413 g/mol. The number of nitrogens with zero attached hydrogens (tertiary/aromatic N) is 2. The van der Waals surface area contributed by atoms with Crippen molar-refractivity contribution in [3.63, 3.8) is 0 Å². The molecular formula is C20H26FN3O5S. The van der Waals surface area contributed by atoms with Gasteiger partial charge in [0.05, 0.1) is 36.0 Å². The molecule has 3 heterocycles. The smallest absolute Gasteiger partial charge is 0.414 e. The van der Waals surface area contributed by atoms with Crippen molar-refractivity contribution in [3.8, 4) is 0 Å². The molecule has 0 saturated carbocycles. The number of nitrogens with one attached hydrogen (secondary N) is 1. The first kappa shape index (κ1) is 20.9. The number of anilines is 2. The molecule has 3 aliphatic rings. The number of ether oxygens (including phenoxy) is 1. The molecule has 1 atom stereocenters. The molecule has 3 aliphatic heterocycles. The summed E-state index contributed by atoms with van der Waals surface area (Å²) in [6, 6.07) is 4.71. The van der Waals surface area contributed by atoms with E-state index in [1.165, 1.54) is 17.9 Å². The predicted molar refractivity (Wildman–Crippen MR) is 110 cm³/mol. The molecule has 3 fully saturated rings. The Kier molecular flexibility index (Phi) is 5.61. The summed E-state index contributed by atoms with van der Waals surface area (Å²) in [5, 5.41) is 2.61. The molecule has 0 spiro atoms. The van der Waals surface area contributed by atoms with Gasteiger partial charge in [-0.1, -0.05) is 0 Å². The van der Waals surface area contributed by atoms with Gasteiger partial charge in [0.2, 0.25) is 5.91 Å². The summed E-state index contributed by atoms with van der Waals surface area (Å²) < 4.78 is 42.9. The normalized spacial score (nSPS) is 24.5. The van der Waals surface area contributed by atoms with Gasteiger partial charge in [0, 0.05) is 20.0 Å². The second-order valence-corrected chi connectivity index (χ2v) is 10.5. The van der Waals surface area contributed by atoms with Gasteiger partial charge in [-0.2, -0.15) is 0 Å². The molecule has 164 valence electrons. The molecule has 0 bridgehead atoms. The second kappa shape index (κ2) is 8.05. The molecule has 8 nitrogen and oxygen atoms in total. The van der Waals surface area contributed by atoms with Crippen LogP contribution in [0.5, 0.6) is 0 Å². The van der Waals surface area contributed by atoms with E-state index in [1.54, 1.807) is 12.1 Å². The average Bonchev–Trinajstić information content (AvgIpc) is 3.05. The Morgan fingerprint density at radius 1 is 1.23 bits per heavy atom. The van der Waals surface area contributed by atoms with Crippen LogP contribution < -0.4 is 15.1 Å². The van der Waals surface area contributed by atoms with E-state index in [4.69, 9.17) is 4.74 Å². The van der Waals surface area contributed by atoms with Crippen LogP contribution in [-0.2, 0) is 19.4 Å². The lowest BCUT2D eigenvalue weighted by molar-refractivity contribution is -0.119. The van der Waals surface area contributed by atoms with Gasteiger partial charge >= 0.3 is 6.09 Å². The quantitative estimate of drug-likeness (QED) is 0.748. The zero-order valence-corrected chi connectivity index (χ0v) is 17.7. The number of carbonyl (C=O) groups is 2. The maximum atomic E-state index is 14.8. The first-order valence-corrected chi connectivity index (χ1v) is 12.0. The van der Waals surface area contributed by atoms with Crippen molar-refractivity contribution in [2.24, 2.45) is 11.8 Å². The molecule has 1 aromatic rings. The third-order valence-corrected chi connectivity index (χ3v) is 8.05. The highest BCUT2D eigenvalue weighted by atomic mass is 32.2. The molecule has 0 unspecified atom stereocenters. The fraction of sp³-hybridized carbons (Fsp3) is 0.600. The summed E-state index contributed by atoms with van der Waals surface area (Å²) in [4.78, 5) is 26.5. The van der Waals surface area contributed by atoms with Crippen molar-refractivity contribution >= 4 is 33.2 Å². The molecule has 0 radical (unpaired) electrons. The van der Waals surface area contributed by atoms with Gasteiger partial charge in [0.15, 0.2) is 9.84 Å². The van der Waals surface area contributed by atoms with Gasteiger partial charge in [0.1, 0.15) is 11.9 Å². The van der Waals surface area contributed by atoms with Crippen molar-refractivity contribution in [2.75, 3.05) is 47.5 Å². The minimum absolute atomic E-state index is 0.206. The SMILES string of the molecule is CC(=O)NC[C@H]1CN(c2ccc(N3CCC(C4CS(=O)(=O)C4)CC3)c(F)c2)C(=O)O1. The zero-order chi connectivity index (χ0) is 21.5. The first-order chi connectivity index (χ1) is 14.2. The Hall–Kier alpha value is -2.36. The van der Waals surface area contributed by atoms with Crippen LogP contribution in [0.15, 0.2) is 18.2 Å². The van der Waals surface area contributed by atoms with E-state index in [-0.39, 0.29) is 36.4 Å². The van der Waals surface area contributed by atoms with Crippen LogP contribution in [0, 0.1) is 17.7 Å². The molecule has 0 aliphatic carbocycles. The molecule has 0 aromatic heterocycles. The monoisotopic (exact) mass is 439 g/mol. The minimum atomic E-state index is -2.82. The van der Waals surface area contributed by atoms with Crippen LogP contribution in [0.2, 0.25) is 0 Å². The minimum Gasteiger partial charge on any atom is -0.442 e. The van der Waals surface area contributed by atoms with Crippen molar-refractivity contribution in [3.05, 3.63) is 24.0 Å². The van der Waals surface area contributed by atoms with Crippen molar-refractivity contribution in [1.82, 2.24) is 5.32 Å². The van der Waals surface area contributed by atoms with Gasteiger partial charge in [-0.25, -0.2) is 17.6 Å². The average molecular weight is 440 g/mol. The Bertz CT molecular complexity index is 934. The number of sulfone groups is 1. The number of piperidine rings is 1. The number of rotatable bonds is 5. The van der Waals surface area contributed by atoms with E-state index in [0.717, 1.165) is 12.8 Å². The number of benzene rings is 1. The molecule has 4 rings (SSSR count). The molecule has 2 amide bonds. The molecule has 3 saturated heterocycles. The maximum absolute atomic E-state index is 14.8. The van der Waals surface area contributed by atoms with Crippen LogP contribution in [0.1, 0.15) is 19.8 Å². The Balaban J connectivity index is 1.36. The zero-order valence-electron chi connectivity index (χ0n) is 16.8. The van der Waals surface area contributed by atoms with Crippen molar-refractivity contribution < 1.29 is 27.1 Å². The van der Waals surface area contributed by atoms with E-state index in [9.17, 15) is 22.4 Å². The number of carbonyl (C=O) groups excluding carboxylic acids is 2. The Labute approximate surface area is 175 Å². The fourth-order valence-corrected chi connectivity index (χ4v) is 6.26. The lowest BCUT2D eigenvalue weighted by Crippen LogP contribution is -2.45. The number of hydrogen-bond donors (Lipinski definition) is 1. The third-order valence-electron chi connectivity index (χ3n) is 6.18. The van der Waals surface area contributed by atoms with Crippen LogP contribution in [0.25, 0.3) is 0 Å². The fourth-order valence-electron chi connectivity index (χ4n) is 4.50. The lowest BCUT2D eigenvalue weighted by Gasteiger charge is -2.40. The van der Waals surface area contributed by atoms with Gasteiger partial charge in [-0.15, -0.1) is 0 Å². The highest BCUT2D eigenvalue weighted by Crippen LogP contribution is 2.36. The van der Waals surface area contributed by atoms with Gasteiger partial charge in [-0.05, 0) is 42.9 Å². The molecule has 30 heavy (non-hydrogen) atoms. The van der Waals surface area contributed by atoms with Crippen LogP contribution in [0.3, 0.4) is 0 Å². The van der Waals surface area contributed by atoms with Crippen LogP contribution >= 0.6 is 0 Å². The maximum Gasteiger partial charge on any atom is 0.414 e. The predicted octanol–water partition coefficient (Wildman–Crippen LogP) is 1.55. The number of amides is 2. The Morgan fingerprint density at radius 3 is 2.53 bits per heavy atom. The second-order valence-electron chi connectivity index (χ2n) is 8.35. The summed E-state index contributed by atoms with van der Waals surface area (Å²) >= 11 is 0. The van der Waals surface area contributed by atoms with Crippen molar-refractivity contribution in [2.45, 2.75) is 25.9 Å². The summed E-state index contributed by atoms with van der Waals surface area (Å²) in [6.45, 7) is 3.21. The largest absolute Gasteiger partial charge is 0.442 e. The summed E-state index contributed by atoms with van der Waals surface area (Å²) in [5.74, 6) is 0.589. The van der Waals surface area contributed by atoms with Crippen molar-refractivity contribution in [1.29, 1.82) is 0 Å². The van der Waals surface area contributed by atoms with E-state index in [0.29, 0.717) is 30.4 Å². The molecule has 1 aromatic carbocycles. The third kappa shape index (κ3) is 4.38. The lowest BCUT2D eigenvalue weighted by atomic mass is 9.86. The molecule has 1 N–H and O–H groups in total. The highest BCUT2D eigenvalue weighted by molar-refractivity contribution is 7.92. The Morgan fingerprint density at radius 2 is 1.93 bits per heavy atom. The number of halogens is 1. The van der Waals surface area contributed by atoms with Gasteiger partial charge in [-0.3, -0.25) is 9.69 Å². The number of hydrogen-bond acceptors (Lipinski definition) is 6. The van der Waals surface area contributed by atoms with E-state index >= 15 is 0 Å². The standard InChI is InChI=1S/C20H26FN3O5S/c1-13(25)22-9-17-10-24(20(26)29-17)16-2-3-19(18(21)8-16)23-6-4-14(5-7-23)15-11-30(27,28)12-15/h2-3,8,14-15,17H,4-7,9-12H2,1H3,(H,22,25)/t17-/m0/s1. The highest BCUT2D eigenvalue weighted by Gasteiger charge is 2.40. The summed E-state index contributed by atoms with van der Waals surface area (Å²) in [5.41, 5.74) is 0.905. The van der Waals surface area contributed by atoms with Crippen LogP contribution in [-0.4, -0.2) is 64.2 Å². The van der Waals surface area contributed by atoms with Gasteiger partial charge < -0.3 is 15.0 Å². The summed E-state index contributed by atoms with van der Waals surface area (Å²) in [7, 11) is -2.82. The number of cyclic esters (lactones) is 1. The van der Waals surface area contributed by atoms with Crippen LogP contribution in [0.4, 0.5) is 20.6 Å². The summed E-state index contributed by atoms with van der Waals surface area (Å²) in [6.07, 6.45) is 0.669. The topological polar surface area (TPSA) is 96.0 Å². The van der Waals surface area contributed by atoms with E-state index in [2.05, 4.69) is 5.32 Å². The molecule has 10 heteroatoms. The van der Waals surface area contributed by atoms with E-state index in [1.807, 2.05) is 4.90 Å². The van der Waals surface area contributed by atoms with Gasteiger partial charge in [0.25, 0.3) is 0 Å². The first-order valence-electron chi connectivity index (χ1n) is 10.2.